The van der Waals surface area contributed by atoms with Gasteiger partial charge in [0.05, 0.1) is 17.0 Å². The summed E-state index contributed by atoms with van der Waals surface area (Å²) < 4.78 is 27.0. The molecule has 1 aromatic rings. The summed E-state index contributed by atoms with van der Waals surface area (Å²) in [7, 11) is -3.89. The zero-order valence-corrected chi connectivity index (χ0v) is 16.6. The van der Waals surface area contributed by atoms with E-state index in [1.165, 1.54) is 22.5 Å². The van der Waals surface area contributed by atoms with Crippen LogP contribution in [0.5, 0.6) is 0 Å². The van der Waals surface area contributed by atoms with E-state index < -0.39 is 15.9 Å². The van der Waals surface area contributed by atoms with Crippen LogP contribution in [0.3, 0.4) is 0 Å². The Morgan fingerprint density at radius 3 is 2.39 bits per heavy atom. The Hall–Kier alpha value is -2.46. The summed E-state index contributed by atoms with van der Waals surface area (Å²) in [4.78, 5) is 35.2. The Labute approximate surface area is 164 Å². The number of hydrogen-bond donors (Lipinski definition) is 3. The van der Waals surface area contributed by atoms with Crippen molar-refractivity contribution in [1.82, 2.24) is 14.9 Å². The average molecular weight is 410 g/mol. The van der Waals surface area contributed by atoms with Crippen molar-refractivity contribution in [3.63, 3.8) is 0 Å². The van der Waals surface area contributed by atoms with E-state index in [-0.39, 0.29) is 47.8 Å². The first-order chi connectivity index (χ1) is 13.3. The first kappa shape index (κ1) is 21.8. The van der Waals surface area contributed by atoms with E-state index in [0.29, 0.717) is 19.4 Å². The number of hydrogen-bond acceptors (Lipinski definition) is 5. The van der Waals surface area contributed by atoms with Crippen LogP contribution in [0.25, 0.3) is 0 Å². The summed E-state index contributed by atoms with van der Waals surface area (Å²) in [6.45, 7) is 2.69. The van der Waals surface area contributed by atoms with Crippen molar-refractivity contribution in [2.45, 2.75) is 31.1 Å². The minimum atomic E-state index is -3.89. The summed E-state index contributed by atoms with van der Waals surface area (Å²) in [5.41, 5.74) is 5.23. The van der Waals surface area contributed by atoms with Gasteiger partial charge in [-0.15, -0.1) is 0 Å². The number of nitrogens with zero attached hydrogens (tertiary/aromatic N) is 1. The third-order valence-electron chi connectivity index (χ3n) is 4.59. The Kier molecular flexibility index (Phi) is 7.53. The number of piperidine rings is 1. The Balaban J connectivity index is 1.95. The molecule has 1 saturated heterocycles. The molecule has 0 atom stereocenters. The lowest BCUT2D eigenvalue weighted by atomic mass is 9.97. The fourth-order valence-electron chi connectivity index (χ4n) is 3.03. The molecule has 3 amide bonds. The highest BCUT2D eigenvalue weighted by atomic mass is 32.2. The second-order valence-corrected chi connectivity index (χ2v) is 8.51. The van der Waals surface area contributed by atoms with Gasteiger partial charge >= 0.3 is 0 Å². The van der Waals surface area contributed by atoms with Crippen molar-refractivity contribution < 1.29 is 22.8 Å². The van der Waals surface area contributed by atoms with Crippen LogP contribution < -0.4 is 16.4 Å². The number of carbonyl (C=O) groups excluding carboxylic acids is 3. The van der Waals surface area contributed by atoms with Crippen molar-refractivity contribution in [2.75, 3.05) is 26.2 Å². The van der Waals surface area contributed by atoms with Gasteiger partial charge in [-0.05, 0) is 31.4 Å². The lowest BCUT2D eigenvalue weighted by Crippen LogP contribution is -2.45. The third-order valence-corrected chi connectivity index (χ3v) is 6.55. The molecule has 1 aliphatic heterocycles. The first-order valence-electron chi connectivity index (χ1n) is 9.20. The van der Waals surface area contributed by atoms with Crippen molar-refractivity contribution in [3.8, 4) is 0 Å². The van der Waals surface area contributed by atoms with E-state index in [4.69, 9.17) is 5.73 Å². The van der Waals surface area contributed by atoms with E-state index in [9.17, 15) is 22.8 Å². The van der Waals surface area contributed by atoms with Crippen LogP contribution in [0.1, 0.15) is 36.5 Å². The molecule has 0 radical (unpaired) electrons. The molecule has 28 heavy (non-hydrogen) atoms. The van der Waals surface area contributed by atoms with E-state index in [0.717, 1.165) is 6.42 Å². The number of amides is 3. The topological polar surface area (TPSA) is 139 Å². The molecule has 2 rings (SSSR count). The maximum Gasteiger partial charge on any atom is 0.250 e. The van der Waals surface area contributed by atoms with Crippen LogP contribution in [-0.2, 0) is 19.6 Å². The maximum absolute atomic E-state index is 12.9. The number of rotatable bonds is 8. The highest BCUT2D eigenvalue weighted by molar-refractivity contribution is 7.89. The number of nitrogens with two attached hydrogens (primary N) is 1. The second kappa shape index (κ2) is 9.65. The van der Waals surface area contributed by atoms with Crippen LogP contribution in [-0.4, -0.2) is 56.6 Å². The van der Waals surface area contributed by atoms with Crippen LogP contribution in [0.2, 0.25) is 0 Å². The zero-order chi connectivity index (χ0) is 20.7. The third kappa shape index (κ3) is 5.29. The average Bonchev–Trinajstić information content (AvgIpc) is 2.70. The van der Waals surface area contributed by atoms with E-state index in [2.05, 4.69) is 10.6 Å². The lowest BCUT2D eigenvalue weighted by Gasteiger charge is -2.30. The highest BCUT2D eigenvalue weighted by Crippen LogP contribution is 2.25. The molecule has 0 unspecified atom stereocenters. The number of sulfonamides is 1. The van der Waals surface area contributed by atoms with Crippen molar-refractivity contribution in [2.24, 2.45) is 11.7 Å². The van der Waals surface area contributed by atoms with Crippen LogP contribution in [0, 0.1) is 5.92 Å². The molecule has 154 valence electrons. The quantitative estimate of drug-likeness (QED) is 0.546. The summed E-state index contributed by atoms with van der Waals surface area (Å²) in [6, 6.07) is 5.80. The van der Waals surface area contributed by atoms with E-state index >= 15 is 0 Å². The Morgan fingerprint density at radius 2 is 1.79 bits per heavy atom. The van der Waals surface area contributed by atoms with E-state index in [1.807, 2.05) is 6.92 Å². The molecular formula is C18H26N4O5S. The molecule has 10 heteroatoms. The summed E-state index contributed by atoms with van der Waals surface area (Å²) in [6.07, 6.45) is 1.48. The molecule has 1 heterocycles. The van der Waals surface area contributed by atoms with Gasteiger partial charge in [0.1, 0.15) is 0 Å². The van der Waals surface area contributed by atoms with Crippen molar-refractivity contribution in [1.29, 1.82) is 0 Å². The van der Waals surface area contributed by atoms with Gasteiger partial charge in [-0.25, -0.2) is 8.42 Å². The van der Waals surface area contributed by atoms with Gasteiger partial charge in [-0.3, -0.25) is 14.4 Å². The standard InChI is InChI=1S/C18H26N4O5S/c1-2-9-20-16(23)12-21-18(25)13-7-10-22(11-8-13)28(26,27)15-6-4-3-5-14(15)17(19)24/h3-6,13H,2,7-12H2,1H3,(H2,19,24)(H,20,23)(H,21,25). The minimum absolute atomic E-state index is 0.0551. The van der Waals surface area contributed by atoms with Gasteiger partial charge in [0.15, 0.2) is 0 Å². The van der Waals surface area contributed by atoms with Gasteiger partial charge in [0.25, 0.3) is 0 Å². The summed E-state index contributed by atoms with van der Waals surface area (Å²) >= 11 is 0. The summed E-state index contributed by atoms with van der Waals surface area (Å²) in [5, 5.41) is 5.26. The molecule has 1 aromatic carbocycles. The molecule has 0 aromatic heterocycles. The van der Waals surface area contributed by atoms with Gasteiger partial charge < -0.3 is 16.4 Å². The van der Waals surface area contributed by atoms with Gasteiger partial charge in [0.2, 0.25) is 27.7 Å². The largest absolute Gasteiger partial charge is 0.366 e. The van der Waals surface area contributed by atoms with E-state index in [1.54, 1.807) is 6.07 Å². The number of primary amides is 1. The normalized spacial score (nSPS) is 15.8. The molecule has 1 aliphatic rings. The Morgan fingerprint density at radius 1 is 1.14 bits per heavy atom. The highest BCUT2D eigenvalue weighted by Gasteiger charge is 2.33. The molecule has 9 nitrogen and oxygen atoms in total. The summed E-state index contributed by atoms with van der Waals surface area (Å²) in [5.74, 6) is -1.69. The molecule has 0 spiro atoms. The SMILES string of the molecule is CCCNC(=O)CNC(=O)C1CCN(S(=O)(=O)c2ccccc2C(N)=O)CC1. The van der Waals surface area contributed by atoms with Crippen molar-refractivity contribution in [3.05, 3.63) is 29.8 Å². The fraction of sp³-hybridized carbons (Fsp3) is 0.500. The monoisotopic (exact) mass is 410 g/mol. The van der Waals surface area contributed by atoms with Crippen LogP contribution in [0.15, 0.2) is 29.2 Å². The molecule has 0 aliphatic carbocycles. The minimum Gasteiger partial charge on any atom is -0.366 e. The zero-order valence-electron chi connectivity index (χ0n) is 15.8. The molecule has 1 fully saturated rings. The van der Waals surface area contributed by atoms with Crippen molar-refractivity contribution >= 4 is 27.7 Å². The molecule has 0 saturated carbocycles. The van der Waals surface area contributed by atoms with Gasteiger partial charge in [-0.2, -0.15) is 4.31 Å². The fourth-order valence-corrected chi connectivity index (χ4v) is 4.70. The number of benzene rings is 1. The van der Waals surface area contributed by atoms with Crippen LogP contribution >= 0.6 is 0 Å². The van der Waals surface area contributed by atoms with Gasteiger partial charge in [-0.1, -0.05) is 19.1 Å². The smallest absolute Gasteiger partial charge is 0.250 e. The Bertz CT molecular complexity index is 832. The maximum atomic E-state index is 12.9. The molecular weight excluding hydrogens is 384 g/mol. The number of carbonyl (C=O) groups is 3. The molecule has 4 N–H and O–H groups in total. The molecule has 0 bridgehead atoms. The number of nitrogens with one attached hydrogen (secondary N) is 2. The van der Waals surface area contributed by atoms with Crippen LogP contribution in [0.4, 0.5) is 0 Å². The first-order valence-corrected chi connectivity index (χ1v) is 10.6. The van der Waals surface area contributed by atoms with Gasteiger partial charge in [0, 0.05) is 25.6 Å². The second-order valence-electron chi connectivity index (χ2n) is 6.61. The lowest BCUT2D eigenvalue weighted by molar-refractivity contribution is -0.129. The predicted octanol–water partition coefficient (Wildman–Crippen LogP) is -0.171. The predicted molar refractivity (Wildman–Crippen MR) is 103 cm³/mol.